The van der Waals surface area contributed by atoms with Gasteiger partial charge in [-0.2, -0.15) is 0 Å². The minimum atomic E-state index is -0.398. The van der Waals surface area contributed by atoms with E-state index < -0.39 is 6.03 Å². The van der Waals surface area contributed by atoms with Crippen molar-refractivity contribution in [2.75, 3.05) is 16.4 Å². The maximum Gasteiger partial charge on any atom is 0.323 e. The average molecular weight is 375 g/mol. The highest BCUT2D eigenvalue weighted by atomic mass is 79.9. The third kappa shape index (κ3) is 3.79. The van der Waals surface area contributed by atoms with Gasteiger partial charge in [0.1, 0.15) is 0 Å². The van der Waals surface area contributed by atoms with Gasteiger partial charge >= 0.3 is 6.03 Å². The van der Waals surface area contributed by atoms with Crippen LogP contribution in [0.15, 0.2) is 40.9 Å². The van der Waals surface area contributed by atoms with E-state index in [4.69, 9.17) is 28.9 Å². The molecule has 0 unspecified atom stereocenters. The number of nitrogens with one attached hydrogen (secondary N) is 2. The number of benzene rings is 2. The minimum Gasteiger partial charge on any atom is -0.398 e. The molecule has 4 N–H and O–H groups in total. The van der Waals surface area contributed by atoms with Crippen LogP contribution in [0.2, 0.25) is 10.0 Å². The van der Waals surface area contributed by atoms with Crippen LogP contribution in [0.4, 0.5) is 21.9 Å². The minimum absolute atomic E-state index is 0.373. The van der Waals surface area contributed by atoms with Crippen LogP contribution >= 0.6 is 39.1 Å². The van der Waals surface area contributed by atoms with E-state index in [0.717, 1.165) is 4.47 Å². The average Bonchev–Trinajstić information content (AvgIpc) is 2.38. The van der Waals surface area contributed by atoms with Crippen LogP contribution in [0.3, 0.4) is 0 Å². The molecule has 0 saturated heterocycles. The largest absolute Gasteiger partial charge is 0.398 e. The number of hydrogen-bond donors (Lipinski definition) is 3. The molecule has 2 amide bonds. The van der Waals surface area contributed by atoms with Gasteiger partial charge in [-0.05, 0) is 52.3 Å². The maximum absolute atomic E-state index is 11.8. The number of nitrogen functional groups attached to an aromatic ring is 1. The predicted molar refractivity (Wildman–Crippen MR) is 87.7 cm³/mol. The first-order chi connectivity index (χ1) is 9.45. The summed E-state index contributed by atoms with van der Waals surface area (Å²) in [4.78, 5) is 11.8. The standard InChI is InChI=1S/C13H10BrCl2N3O/c14-9-3-1-8(6-12(9)17)19-13(20)18-7-2-4-10(15)11(16)5-7/h1-6H,17H2,(H2,18,19,20). The maximum atomic E-state index is 11.8. The van der Waals surface area contributed by atoms with Crippen molar-refractivity contribution in [3.05, 3.63) is 50.9 Å². The Morgan fingerprint density at radius 3 is 2.20 bits per heavy atom. The highest BCUT2D eigenvalue weighted by Crippen LogP contribution is 2.26. The lowest BCUT2D eigenvalue weighted by molar-refractivity contribution is 0.262. The lowest BCUT2D eigenvalue weighted by Crippen LogP contribution is -2.19. The molecule has 104 valence electrons. The summed E-state index contributed by atoms with van der Waals surface area (Å²) in [6.45, 7) is 0. The first-order valence-electron chi connectivity index (χ1n) is 5.54. The number of urea groups is 1. The third-order valence-corrected chi connectivity index (χ3v) is 3.89. The Kier molecular flexibility index (Phi) is 4.75. The SMILES string of the molecule is Nc1cc(NC(=O)Nc2ccc(Cl)c(Cl)c2)ccc1Br. The molecule has 7 heteroatoms. The summed E-state index contributed by atoms with van der Waals surface area (Å²) in [5, 5.41) is 6.11. The molecular weight excluding hydrogens is 365 g/mol. The Balaban J connectivity index is 2.04. The van der Waals surface area contributed by atoms with E-state index in [-0.39, 0.29) is 0 Å². The zero-order chi connectivity index (χ0) is 14.7. The molecule has 0 heterocycles. The summed E-state index contributed by atoms with van der Waals surface area (Å²) in [6, 6.07) is 9.57. The van der Waals surface area contributed by atoms with Crippen LogP contribution < -0.4 is 16.4 Å². The van der Waals surface area contributed by atoms with E-state index in [1.807, 2.05) is 0 Å². The molecule has 0 aromatic heterocycles. The van der Waals surface area contributed by atoms with Crippen LogP contribution in [0.5, 0.6) is 0 Å². The lowest BCUT2D eigenvalue weighted by atomic mass is 10.3. The molecule has 2 rings (SSSR count). The molecule has 2 aromatic rings. The van der Waals surface area contributed by atoms with Crippen molar-refractivity contribution in [1.29, 1.82) is 0 Å². The van der Waals surface area contributed by atoms with Gasteiger partial charge in [-0.15, -0.1) is 0 Å². The molecule has 0 radical (unpaired) electrons. The fourth-order valence-electron chi connectivity index (χ4n) is 1.49. The van der Waals surface area contributed by atoms with Gasteiger partial charge in [0.15, 0.2) is 0 Å². The monoisotopic (exact) mass is 373 g/mol. The molecule has 0 aliphatic heterocycles. The number of anilines is 3. The van der Waals surface area contributed by atoms with Gasteiger partial charge in [-0.25, -0.2) is 4.79 Å². The van der Waals surface area contributed by atoms with Gasteiger partial charge in [0.25, 0.3) is 0 Å². The van der Waals surface area contributed by atoms with Gasteiger partial charge < -0.3 is 16.4 Å². The highest BCUT2D eigenvalue weighted by molar-refractivity contribution is 9.10. The molecule has 0 fully saturated rings. The summed E-state index contributed by atoms with van der Waals surface area (Å²) < 4.78 is 0.771. The number of carbonyl (C=O) groups excluding carboxylic acids is 1. The first kappa shape index (κ1) is 15.0. The summed E-state index contributed by atoms with van der Waals surface area (Å²) in [7, 11) is 0. The second-order valence-corrected chi connectivity index (χ2v) is 5.61. The fraction of sp³-hybridized carbons (Fsp3) is 0. The number of amides is 2. The Morgan fingerprint density at radius 2 is 1.60 bits per heavy atom. The molecule has 0 saturated carbocycles. The van der Waals surface area contributed by atoms with Crippen molar-refractivity contribution in [1.82, 2.24) is 0 Å². The van der Waals surface area contributed by atoms with Crippen molar-refractivity contribution in [2.45, 2.75) is 0 Å². The molecule has 0 spiro atoms. The van der Waals surface area contributed by atoms with Gasteiger partial charge in [-0.3, -0.25) is 0 Å². The molecular formula is C13H10BrCl2N3O. The van der Waals surface area contributed by atoms with Crippen molar-refractivity contribution >= 4 is 62.2 Å². The van der Waals surface area contributed by atoms with E-state index in [1.165, 1.54) is 0 Å². The molecule has 0 aliphatic carbocycles. The number of nitrogens with two attached hydrogens (primary N) is 1. The molecule has 2 aromatic carbocycles. The van der Waals surface area contributed by atoms with Crippen molar-refractivity contribution in [3.8, 4) is 0 Å². The molecule has 4 nitrogen and oxygen atoms in total. The second-order valence-electron chi connectivity index (χ2n) is 3.94. The summed E-state index contributed by atoms with van der Waals surface area (Å²) in [6.07, 6.45) is 0. The third-order valence-electron chi connectivity index (χ3n) is 2.43. The smallest absolute Gasteiger partial charge is 0.323 e. The topological polar surface area (TPSA) is 67.1 Å². The molecule has 20 heavy (non-hydrogen) atoms. The van der Waals surface area contributed by atoms with Gasteiger partial charge in [-0.1, -0.05) is 23.2 Å². The Bertz CT molecular complexity index is 609. The summed E-state index contributed by atoms with van der Waals surface area (Å²) in [5.74, 6) is 0. The van der Waals surface area contributed by atoms with Crippen molar-refractivity contribution < 1.29 is 4.79 Å². The lowest BCUT2D eigenvalue weighted by Gasteiger charge is -2.09. The van der Waals surface area contributed by atoms with Crippen molar-refractivity contribution in [3.63, 3.8) is 0 Å². The van der Waals surface area contributed by atoms with Crippen LogP contribution in [-0.2, 0) is 0 Å². The normalized spacial score (nSPS) is 10.2. The number of hydrogen-bond acceptors (Lipinski definition) is 2. The molecule has 0 atom stereocenters. The van der Waals surface area contributed by atoms with E-state index in [1.54, 1.807) is 36.4 Å². The molecule has 0 aliphatic rings. The van der Waals surface area contributed by atoms with Crippen LogP contribution in [0.25, 0.3) is 0 Å². The molecule has 0 bridgehead atoms. The van der Waals surface area contributed by atoms with Crippen molar-refractivity contribution in [2.24, 2.45) is 0 Å². The predicted octanol–water partition coefficient (Wildman–Crippen LogP) is 4.98. The van der Waals surface area contributed by atoms with Gasteiger partial charge in [0.2, 0.25) is 0 Å². The highest BCUT2D eigenvalue weighted by Gasteiger charge is 2.06. The van der Waals surface area contributed by atoms with Gasteiger partial charge in [0.05, 0.1) is 10.0 Å². The van der Waals surface area contributed by atoms with Crippen LogP contribution in [0, 0.1) is 0 Å². The zero-order valence-electron chi connectivity index (χ0n) is 10.1. The summed E-state index contributed by atoms with van der Waals surface area (Å²) in [5.41, 5.74) is 7.40. The quantitative estimate of drug-likeness (QED) is 0.648. The summed E-state index contributed by atoms with van der Waals surface area (Å²) >= 11 is 15.0. The number of halogens is 3. The zero-order valence-corrected chi connectivity index (χ0v) is 13.2. The Hall–Kier alpha value is -1.43. The second kappa shape index (κ2) is 6.35. The van der Waals surface area contributed by atoms with Crippen LogP contribution in [0.1, 0.15) is 0 Å². The fourth-order valence-corrected chi connectivity index (χ4v) is 2.03. The van der Waals surface area contributed by atoms with Crippen LogP contribution in [-0.4, -0.2) is 6.03 Å². The number of rotatable bonds is 2. The first-order valence-corrected chi connectivity index (χ1v) is 7.08. The van der Waals surface area contributed by atoms with E-state index >= 15 is 0 Å². The van der Waals surface area contributed by atoms with E-state index in [0.29, 0.717) is 27.1 Å². The Morgan fingerprint density at radius 1 is 1.00 bits per heavy atom. The Labute approximate surface area is 134 Å². The van der Waals surface area contributed by atoms with E-state index in [9.17, 15) is 4.79 Å². The van der Waals surface area contributed by atoms with E-state index in [2.05, 4.69) is 26.6 Å². The number of carbonyl (C=O) groups is 1. The van der Waals surface area contributed by atoms with Gasteiger partial charge in [0, 0.05) is 21.5 Å².